The number of benzene rings is 1. The first-order chi connectivity index (χ1) is 14.0. The molecule has 1 aliphatic rings. The Kier molecular flexibility index (Phi) is 9.41. The molecule has 2 heterocycles. The largest absolute Gasteiger partial charge is 0.459 e. The van der Waals surface area contributed by atoms with Crippen molar-refractivity contribution in [1.82, 2.24) is 20.4 Å². The zero-order chi connectivity index (χ0) is 20.8. The summed E-state index contributed by atoms with van der Waals surface area (Å²) in [6.07, 6.45) is 2.42. The molecule has 1 fully saturated rings. The number of halogens is 1. The number of carbonyl (C=O) groups is 1. The average molecular weight is 527 g/mol. The molecule has 2 N–H and O–H groups in total. The first-order valence-corrected chi connectivity index (χ1v) is 10.4. The predicted molar refractivity (Wildman–Crippen MR) is 132 cm³/mol. The van der Waals surface area contributed by atoms with Crippen LogP contribution in [0.25, 0.3) is 11.0 Å². The highest BCUT2D eigenvalue weighted by molar-refractivity contribution is 14.0. The normalized spacial score (nSPS) is 17.1. The van der Waals surface area contributed by atoms with E-state index in [4.69, 9.17) is 4.42 Å². The van der Waals surface area contributed by atoms with Gasteiger partial charge >= 0.3 is 0 Å². The minimum Gasteiger partial charge on any atom is -0.459 e. The van der Waals surface area contributed by atoms with Gasteiger partial charge in [0.05, 0.1) is 6.54 Å². The third kappa shape index (κ3) is 6.10. The second-order valence-corrected chi connectivity index (χ2v) is 7.76. The second kappa shape index (κ2) is 11.5. The number of likely N-dealkylation sites (N-methyl/N-ethyl adjacent to an activating group) is 2. The van der Waals surface area contributed by atoms with Crippen LogP contribution >= 0.6 is 24.0 Å². The molecule has 0 spiro atoms. The Morgan fingerprint density at radius 3 is 2.77 bits per heavy atom. The number of carbonyl (C=O) groups excluding carboxylic acids is 1. The van der Waals surface area contributed by atoms with Gasteiger partial charge in [-0.15, -0.1) is 24.0 Å². The maximum Gasteiger partial charge on any atom is 0.243 e. The smallest absolute Gasteiger partial charge is 0.243 e. The topological polar surface area (TPSA) is 73.1 Å². The molecule has 1 saturated heterocycles. The summed E-state index contributed by atoms with van der Waals surface area (Å²) in [5.74, 6) is 1.50. The van der Waals surface area contributed by atoms with Crippen molar-refractivity contribution in [3.63, 3.8) is 0 Å². The van der Waals surface area contributed by atoms with Gasteiger partial charge in [-0.25, -0.2) is 4.99 Å². The van der Waals surface area contributed by atoms with Crippen molar-refractivity contribution in [3.05, 3.63) is 35.6 Å². The van der Waals surface area contributed by atoms with E-state index in [-0.39, 0.29) is 36.4 Å². The molecular formula is C22H34IN5O2. The quantitative estimate of drug-likeness (QED) is 0.329. The minimum atomic E-state index is -0.0259. The van der Waals surface area contributed by atoms with E-state index in [1.54, 1.807) is 19.0 Å². The molecule has 1 amide bonds. The van der Waals surface area contributed by atoms with Crippen LogP contribution in [0.15, 0.2) is 33.7 Å². The number of furan rings is 1. The molecule has 1 unspecified atom stereocenters. The number of aryl methyl sites for hydroxylation is 1. The van der Waals surface area contributed by atoms with Crippen LogP contribution in [0.5, 0.6) is 0 Å². The molecular weight excluding hydrogens is 493 g/mol. The maximum absolute atomic E-state index is 12.0. The minimum absolute atomic E-state index is 0. The summed E-state index contributed by atoms with van der Waals surface area (Å²) in [6, 6.07) is 8.55. The molecule has 30 heavy (non-hydrogen) atoms. The summed E-state index contributed by atoms with van der Waals surface area (Å²) < 4.78 is 6.00. The SMILES string of the molecule is CCN1CCCC1CNC(=NCC(=O)N(C)C)NCc1oc2ccccc2c1C.I. The highest BCUT2D eigenvalue weighted by Gasteiger charge is 2.23. The Morgan fingerprint density at radius 2 is 2.07 bits per heavy atom. The number of nitrogens with zero attached hydrogens (tertiary/aromatic N) is 3. The van der Waals surface area contributed by atoms with Crippen LogP contribution in [-0.2, 0) is 11.3 Å². The van der Waals surface area contributed by atoms with E-state index in [9.17, 15) is 4.79 Å². The van der Waals surface area contributed by atoms with Crippen LogP contribution in [0.2, 0.25) is 0 Å². The Bertz CT molecular complexity index is 864. The van der Waals surface area contributed by atoms with E-state index in [2.05, 4.69) is 40.4 Å². The molecule has 8 heteroatoms. The van der Waals surface area contributed by atoms with Gasteiger partial charge in [0, 0.05) is 37.6 Å². The number of hydrogen-bond donors (Lipinski definition) is 2. The monoisotopic (exact) mass is 527 g/mol. The summed E-state index contributed by atoms with van der Waals surface area (Å²) in [6.45, 7) is 7.93. The van der Waals surface area contributed by atoms with E-state index >= 15 is 0 Å². The van der Waals surface area contributed by atoms with Gasteiger partial charge in [0.1, 0.15) is 17.9 Å². The molecule has 1 aromatic carbocycles. The lowest BCUT2D eigenvalue weighted by atomic mass is 10.1. The van der Waals surface area contributed by atoms with Crippen molar-refractivity contribution in [2.45, 2.75) is 39.3 Å². The van der Waals surface area contributed by atoms with Crippen LogP contribution in [0.1, 0.15) is 31.1 Å². The zero-order valence-corrected chi connectivity index (χ0v) is 20.7. The number of fused-ring (bicyclic) bond motifs is 1. The summed E-state index contributed by atoms with van der Waals surface area (Å²) >= 11 is 0. The third-order valence-electron chi connectivity index (χ3n) is 5.64. The predicted octanol–water partition coefficient (Wildman–Crippen LogP) is 2.97. The fourth-order valence-corrected chi connectivity index (χ4v) is 3.78. The molecule has 0 radical (unpaired) electrons. The fourth-order valence-electron chi connectivity index (χ4n) is 3.78. The first-order valence-electron chi connectivity index (χ1n) is 10.4. The molecule has 0 bridgehead atoms. The van der Waals surface area contributed by atoms with Crippen LogP contribution in [0.3, 0.4) is 0 Å². The number of rotatable bonds is 7. The molecule has 1 atom stereocenters. The standard InChI is InChI=1S/C22H33N5O2.HI/c1-5-27-12-8-9-17(27)13-23-22(25-15-21(28)26(3)4)24-14-20-16(2)18-10-6-7-11-19(18)29-20;/h6-7,10-11,17H,5,8-9,12-15H2,1-4H3,(H2,23,24,25);1H. The molecule has 0 saturated carbocycles. The Labute approximate surface area is 196 Å². The summed E-state index contributed by atoms with van der Waals surface area (Å²) in [4.78, 5) is 20.5. The highest BCUT2D eigenvalue weighted by atomic mass is 127. The van der Waals surface area contributed by atoms with E-state index in [1.807, 2.05) is 18.2 Å². The van der Waals surface area contributed by atoms with Crippen molar-refractivity contribution >= 4 is 46.8 Å². The molecule has 1 aliphatic heterocycles. The Hall–Kier alpha value is -1.81. The van der Waals surface area contributed by atoms with Gasteiger partial charge in [-0.3, -0.25) is 9.69 Å². The van der Waals surface area contributed by atoms with E-state index in [0.717, 1.165) is 41.9 Å². The molecule has 3 rings (SSSR count). The molecule has 1 aromatic heterocycles. The number of guanidine groups is 1. The lowest BCUT2D eigenvalue weighted by Gasteiger charge is -2.24. The van der Waals surface area contributed by atoms with Crippen LogP contribution in [0.4, 0.5) is 0 Å². The number of para-hydroxylation sites is 1. The number of nitrogens with one attached hydrogen (secondary N) is 2. The van der Waals surface area contributed by atoms with Gasteiger partial charge in [0.25, 0.3) is 0 Å². The van der Waals surface area contributed by atoms with Crippen LogP contribution < -0.4 is 10.6 Å². The lowest BCUT2D eigenvalue weighted by molar-refractivity contribution is -0.127. The summed E-state index contributed by atoms with van der Waals surface area (Å²) in [7, 11) is 3.49. The van der Waals surface area contributed by atoms with Gasteiger partial charge < -0.3 is 20.0 Å². The number of aliphatic imine (C=N–C) groups is 1. The van der Waals surface area contributed by atoms with Gasteiger partial charge in [0.2, 0.25) is 5.91 Å². The van der Waals surface area contributed by atoms with Crippen molar-refractivity contribution in [1.29, 1.82) is 0 Å². The van der Waals surface area contributed by atoms with Gasteiger partial charge in [0.15, 0.2) is 5.96 Å². The number of likely N-dealkylation sites (tertiary alicyclic amines) is 1. The Morgan fingerprint density at radius 1 is 1.30 bits per heavy atom. The van der Waals surface area contributed by atoms with Crippen molar-refractivity contribution in [2.24, 2.45) is 4.99 Å². The summed E-state index contributed by atoms with van der Waals surface area (Å²) in [5, 5.41) is 7.90. The Balaban J connectivity index is 0.00000320. The van der Waals surface area contributed by atoms with Crippen molar-refractivity contribution in [2.75, 3.05) is 40.3 Å². The fraction of sp³-hybridized carbons (Fsp3) is 0.545. The van der Waals surface area contributed by atoms with Crippen molar-refractivity contribution in [3.8, 4) is 0 Å². The van der Waals surface area contributed by atoms with Gasteiger partial charge in [-0.2, -0.15) is 0 Å². The van der Waals surface area contributed by atoms with E-state index in [1.165, 1.54) is 12.8 Å². The third-order valence-corrected chi connectivity index (χ3v) is 5.64. The number of hydrogen-bond acceptors (Lipinski definition) is 4. The lowest BCUT2D eigenvalue weighted by Crippen LogP contribution is -2.45. The average Bonchev–Trinajstić information content (AvgIpc) is 3.31. The maximum atomic E-state index is 12.0. The van der Waals surface area contributed by atoms with E-state index in [0.29, 0.717) is 18.5 Å². The zero-order valence-electron chi connectivity index (χ0n) is 18.4. The van der Waals surface area contributed by atoms with Gasteiger partial charge in [-0.05, 0) is 38.9 Å². The molecule has 0 aliphatic carbocycles. The number of amides is 1. The summed E-state index contributed by atoms with van der Waals surface area (Å²) in [5.41, 5.74) is 2.02. The molecule has 7 nitrogen and oxygen atoms in total. The first kappa shape index (κ1) is 24.5. The van der Waals surface area contributed by atoms with E-state index < -0.39 is 0 Å². The molecule has 166 valence electrons. The van der Waals surface area contributed by atoms with Crippen molar-refractivity contribution < 1.29 is 9.21 Å². The molecule has 2 aromatic rings. The van der Waals surface area contributed by atoms with Gasteiger partial charge in [-0.1, -0.05) is 25.1 Å². The second-order valence-electron chi connectivity index (χ2n) is 7.76. The van der Waals surface area contributed by atoms with Crippen LogP contribution in [-0.4, -0.2) is 68.0 Å². The highest BCUT2D eigenvalue weighted by Crippen LogP contribution is 2.24. The van der Waals surface area contributed by atoms with Crippen LogP contribution in [0, 0.1) is 6.92 Å².